The molecule has 1 heterocycles. The predicted molar refractivity (Wildman–Crippen MR) is 154 cm³/mol. The van der Waals surface area contributed by atoms with Crippen LogP contribution in [0.15, 0.2) is 95.9 Å². The zero-order valence-corrected chi connectivity index (χ0v) is 22.5. The first kappa shape index (κ1) is 26.7. The van der Waals surface area contributed by atoms with Crippen LogP contribution in [0.1, 0.15) is 10.4 Å². The summed E-state index contributed by atoms with van der Waals surface area (Å²) in [5.74, 6) is -0.145. The summed E-state index contributed by atoms with van der Waals surface area (Å²) in [6.07, 6.45) is 0. The second-order valence-corrected chi connectivity index (χ2v) is 10.6. The van der Waals surface area contributed by atoms with Gasteiger partial charge in [0.2, 0.25) is 0 Å². The number of rotatable bonds is 8. The SMILES string of the molecule is COc1cc(O)cc(Nc2nc3ccccc3nc2NS(=O)(=O)c2cccc(NC(=O)c3ccccc3Cl)c2)c1. The quantitative estimate of drug-likeness (QED) is 0.182. The van der Waals surface area contributed by atoms with Gasteiger partial charge in [0.25, 0.3) is 15.9 Å². The maximum atomic E-state index is 13.5. The normalized spacial score (nSPS) is 11.2. The Bertz CT molecular complexity index is 1850. The van der Waals surface area contributed by atoms with Crippen LogP contribution in [0.2, 0.25) is 5.02 Å². The van der Waals surface area contributed by atoms with Crippen molar-refractivity contribution in [1.29, 1.82) is 0 Å². The number of aromatic hydroxyl groups is 1. The summed E-state index contributed by atoms with van der Waals surface area (Å²) in [4.78, 5) is 21.6. The van der Waals surface area contributed by atoms with Crippen molar-refractivity contribution in [2.75, 3.05) is 22.5 Å². The van der Waals surface area contributed by atoms with E-state index in [-0.39, 0.29) is 38.6 Å². The highest BCUT2D eigenvalue weighted by Crippen LogP contribution is 2.31. The number of anilines is 4. The van der Waals surface area contributed by atoms with Gasteiger partial charge in [-0.05, 0) is 42.5 Å². The number of fused-ring (bicyclic) bond motifs is 1. The Labute approximate surface area is 234 Å². The molecule has 0 aliphatic rings. The highest BCUT2D eigenvalue weighted by atomic mass is 35.5. The lowest BCUT2D eigenvalue weighted by Crippen LogP contribution is -2.17. The minimum absolute atomic E-state index is 0.0617. The van der Waals surface area contributed by atoms with Crippen LogP contribution in [-0.4, -0.2) is 36.5 Å². The Morgan fingerprint density at radius 2 is 1.55 bits per heavy atom. The Hall–Kier alpha value is -4.87. The minimum atomic E-state index is -4.19. The topological polar surface area (TPSA) is 143 Å². The molecule has 0 aliphatic carbocycles. The molecular formula is C28H22ClN5O5S. The predicted octanol–water partition coefficient (Wildman–Crippen LogP) is 5.79. The molecule has 1 aromatic heterocycles. The molecule has 40 heavy (non-hydrogen) atoms. The fraction of sp³-hybridized carbons (Fsp3) is 0.0357. The van der Waals surface area contributed by atoms with E-state index in [1.807, 2.05) is 0 Å². The lowest BCUT2D eigenvalue weighted by Gasteiger charge is -2.15. The second kappa shape index (κ2) is 11.1. The van der Waals surface area contributed by atoms with Crippen molar-refractivity contribution in [1.82, 2.24) is 9.97 Å². The molecule has 0 saturated carbocycles. The van der Waals surface area contributed by atoms with Crippen LogP contribution >= 0.6 is 11.6 Å². The van der Waals surface area contributed by atoms with Crippen molar-refractivity contribution < 1.29 is 23.1 Å². The monoisotopic (exact) mass is 575 g/mol. The molecule has 10 nitrogen and oxygen atoms in total. The van der Waals surface area contributed by atoms with Gasteiger partial charge < -0.3 is 20.5 Å². The molecule has 202 valence electrons. The number of aromatic nitrogens is 2. The van der Waals surface area contributed by atoms with Gasteiger partial charge >= 0.3 is 0 Å². The van der Waals surface area contributed by atoms with E-state index in [0.717, 1.165) is 0 Å². The number of amides is 1. The molecule has 0 spiro atoms. The average molecular weight is 576 g/mol. The molecule has 1 amide bonds. The number of benzene rings is 4. The highest BCUT2D eigenvalue weighted by Gasteiger charge is 2.20. The van der Waals surface area contributed by atoms with Gasteiger partial charge in [-0.15, -0.1) is 0 Å². The molecule has 4 aromatic carbocycles. The highest BCUT2D eigenvalue weighted by molar-refractivity contribution is 7.92. The number of nitrogens with zero attached hydrogens (tertiary/aromatic N) is 2. The minimum Gasteiger partial charge on any atom is -0.508 e. The Morgan fingerprint density at radius 1 is 0.850 bits per heavy atom. The van der Waals surface area contributed by atoms with Crippen LogP contribution in [0.5, 0.6) is 11.5 Å². The zero-order valence-electron chi connectivity index (χ0n) is 20.9. The van der Waals surface area contributed by atoms with Gasteiger partial charge in [0.1, 0.15) is 11.5 Å². The first-order valence-corrected chi connectivity index (χ1v) is 13.7. The van der Waals surface area contributed by atoms with Crippen molar-refractivity contribution in [2.24, 2.45) is 0 Å². The molecule has 0 radical (unpaired) electrons. The van der Waals surface area contributed by atoms with Crippen molar-refractivity contribution in [2.45, 2.75) is 4.90 Å². The smallest absolute Gasteiger partial charge is 0.263 e. The Kier molecular flexibility index (Phi) is 7.41. The third-order valence-corrected chi connectivity index (χ3v) is 7.38. The van der Waals surface area contributed by atoms with E-state index in [1.54, 1.807) is 60.7 Å². The van der Waals surface area contributed by atoms with E-state index in [1.165, 1.54) is 37.4 Å². The largest absolute Gasteiger partial charge is 0.508 e. The summed E-state index contributed by atoms with van der Waals surface area (Å²) in [7, 11) is -2.74. The summed E-state index contributed by atoms with van der Waals surface area (Å²) < 4.78 is 34.6. The van der Waals surface area contributed by atoms with E-state index >= 15 is 0 Å². The summed E-state index contributed by atoms with van der Waals surface area (Å²) >= 11 is 6.11. The van der Waals surface area contributed by atoms with E-state index in [4.69, 9.17) is 16.3 Å². The van der Waals surface area contributed by atoms with Crippen LogP contribution in [0.3, 0.4) is 0 Å². The van der Waals surface area contributed by atoms with Crippen LogP contribution in [0, 0.1) is 0 Å². The molecule has 0 aliphatic heterocycles. The van der Waals surface area contributed by atoms with E-state index in [0.29, 0.717) is 22.5 Å². The molecule has 4 N–H and O–H groups in total. The van der Waals surface area contributed by atoms with Gasteiger partial charge in [0.05, 0.1) is 33.6 Å². The van der Waals surface area contributed by atoms with Crippen molar-refractivity contribution >= 4 is 61.6 Å². The first-order chi connectivity index (χ1) is 19.2. The maximum absolute atomic E-state index is 13.5. The summed E-state index contributed by atoms with van der Waals surface area (Å²) in [5, 5.41) is 16.0. The number of carbonyl (C=O) groups excluding carboxylic acids is 1. The molecule has 5 aromatic rings. The van der Waals surface area contributed by atoms with Gasteiger partial charge in [-0.2, -0.15) is 0 Å². The van der Waals surface area contributed by atoms with Crippen LogP contribution in [0.4, 0.5) is 23.0 Å². The molecule has 0 bridgehead atoms. The number of carbonyl (C=O) groups is 1. The lowest BCUT2D eigenvalue weighted by molar-refractivity contribution is 0.102. The number of halogens is 1. The van der Waals surface area contributed by atoms with Gasteiger partial charge in [0.15, 0.2) is 11.6 Å². The average Bonchev–Trinajstić information content (AvgIpc) is 2.93. The van der Waals surface area contributed by atoms with E-state index in [9.17, 15) is 18.3 Å². The number of sulfonamides is 1. The second-order valence-electron chi connectivity index (χ2n) is 8.52. The molecular weight excluding hydrogens is 554 g/mol. The molecule has 12 heteroatoms. The Balaban J connectivity index is 1.47. The van der Waals surface area contributed by atoms with E-state index < -0.39 is 15.9 Å². The fourth-order valence-corrected chi connectivity index (χ4v) is 5.12. The van der Waals surface area contributed by atoms with Crippen LogP contribution in [-0.2, 0) is 10.0 Å². The number of phenols is 1. The van der Waals surface area contributed by atoms with E-state index in [2.05, 4.69) is 25.3 Å². The van der Waals surface area contributed by atoms with Gasteiger partial charge in [-0.25, -0.2) is 18.4 Å². The third kappa shape index (κ3) is 5.90. The number of ether oxygens (including phenoxy) is 1. The number of nitrogens with one attached hydrogen (secondary N) is 3. The van der Waals surface area contributed by atoms with Gasteiger partial charge in [-0.1, -0.05) is 41.9 Å². The molecule has 0 unspecified atom stereocenters. The first-order valence-electron chi connectivity index (χ1n) is 11.8. The number of hydrogen-bond acceptors (Lipinski definition) is 8. The number of methoxy groups -OCH3 is 1. The van der Waals surface area contributed by atoms with Crippen LogP contribution in [0.25, 0.3) is 11.0 Å². The lowest BCUT2D eigenvalue weighted by atomic mass is 10.2. The number of phenolic OH excluding ortho intramolecular Hbond substituents is 1. The summed E-state index contributed by atoms with van der Waals surface area (Å²) in [5.41, 5.74) is 1.87. The molecule has 0 fully saturated rings. The molecule has 5 rings (SSSR count). The fourth-order valence-electron chi connectivity index (χ4n) is 3.84. The van der Waals surface area contributed by atoms with Crippen LogP contribution < -0.4 is 20.1 Å². The van der Waals surface area contributed by atoms with Crippen molar-refractivity contribution in [3.63, 3.8) is 0 Å². The number of hydrogen-bond donors (Lipinski definition) is 4. The summed E-state index contributed by atoms with van der Waals surface area (Å²) in [6, 6.07) is 23.7. The zero-order chi connectivity index (χ0) is 28.3. The van der Waals surface area contributed by atoms with Gasteiger partial charge in [0, 0.05) is 29.6 Å². The number of para-hydroxylation sites is 2. The summed E-state index contributed by atoms with van der Waals surface area (Å²) in [6.45, 7) is 0. The Morgan fingerprint density at radius 3 is 2.27 bits per heavy atom. The molecule has 0 saturated heterocycles. The third-order valence-electron chi connectivity index (χ3n) is 5.71. The maximum Gasteiger partial charge on any atom is 0.263 e. The van der Waals surface area contributed by atoms with Gasteiger partial charge in [-0.3, -0.25) is 9.52 Å². The standard InChI is InChI=1S/C28H22ClN5O5S/c1-39-20-14-18(13-19(35)16-20)30-26-27(33-25-12-5-4-11-24(25)32-26)34-40(37,38)21-8-6-7-17(15-21)31-28(36)22-9-2-3-10-23(22)29/h2-16,35H,1H3,(H,30,32)(H,31,36)(H,33,34). The van der Waals surface area contributed by atoms with Crippen molar-refractivity contribution in [3.05, 3.63) is 102 Å². The van der Waals surface area contributed by atoms with Crippen molar-refractivity contribution in [3.8, 4) is 11.5 Å². The molecule has 0 atom stereocenters.